The maximum absolute atomic E-state index is 13.7. The molecule has 0 saturated carbocycles. The summed E-state index contributed by atoms with van der Waals surface area (Å²) in [6.45, 7) is 6.62. The van der Waals surface area contributed by atoms with E-state index in [2.05, 4.69) is 42.2 Å². The lowest BCUT2D eigenvalue weighted by molar-refractivity contribution is -0.757. The lowest BCUT2D eigenvalue weighted by Crippen LogP contribution is -2.46. The highest BCUT2D eigenvalue weighted by atomic mass is 17.0. The third kappa shape index (κ3) is 22.0. The van der Waals surface area contributed by atoms with Crippen molar-refractivity contribution in [2.45, 2.75) is 115 Å². The van der Waals surface area contributed by atoms with Gasteiger partial charge in [0.15, 0.2) is 46.0 Å². The van der Waals surface area contributed by atoms with Gasteiger partial charge in [-0.25, -0.2) is 9.59 Å². The van der Waals surface area contributed by atoms with Gasteiger partial charge in [-0.1, -0.05) is 38.8 Å². The van der Waals surface area contributed by atoms with E-state index in [9.17, 15) is 49.9 Å². The van der Waals surface area contributed by atoms with Crippen LogP contribution in [0.2, 0.25) is 0 Å². The van der Waals surface area contributed by atoms with E-state index in [4.69, 9.17) is 56.8 Å². The summed E-state index contributed by atoms with van der Waals surface area (Å²) in [5.74, 6) is -4.04. The number of methoxy groups -OCH3 is 8. The van der Waals surface area contributed by atoms with Crippen molar-refractivity contribution >= 4 is 23.8 Å². The summed E-state index contributed by atoms with van der Waals surface area (Å²) in [5, 5.41) is 45.5. The first kappa shape index (κ1) is 82.1. The van der Waals surface area contributed by atoms with Crippen molar-refractivity contribution < 1.29 is 107 Å². The molecule has 0 aromatic heterocycles. The van der Waals surface area contributed by atoms with E-state index in [1.54, 1.807) is 48.5 Å². The molecule has 2 amide bonds. The molecular formula is C64H90N8O24. The molecule has 4 rings (SSSR count). The predicted octanol–water partition coefficient (Wildman–Crippen LogP) is 6.02. The molecule has 32 heteroatoms. The summed E-state index contributed by atoms with van der Waals surface area (Å²) < 4.78 is 67.0. The zero-order chi connectivity index (χ0) is 69.7. The molecule has 0 saturated heterocycles. The first-order valence-corrected chi connectivity index (χ1v) is 30.0. The quantitative estimate of drug-likeness (QED) is 0.0128. The lowest BCUT2D eigenvalue weighted by Gasteiger charge is -2.31. The van der Waals surface area contributed by atoms with E-state index >= 15 is 0 Å². The third-order valence-electron chi connectivity index (χ3n) is 15.8. The van der Waals surface area contributed by atoms with E-state index in [1.165, 1.54) is 69.0 Å². The zero-order valence-electron chi connectivity index (χ0n) is 56.6. The lowest BCUT2D eigenvalue weighted by atomic mass is 9.74. The fourth-order valence-corrected chi connectivity index (χ4v) is 10.5. The molecule has 530 valence electrons. The van der Waals surface area contributed by atoms with Crippen molar-refractivity contribution in [1.29, 1.82) is 10.5 Å². The Hall–Kier alpha value is -10.0. The average molecular weight is 1360 g/mol. The van der Waals surface area contributed by atoms with Crippen LogP contribution in [-0.2, 0) is 49.2 Å². The van der Waals surface area contributed by atoms with Gasteiger partial charge in [0.1, 0.15) is 13.2 Å². The van der Waals surface area contributed by atoms with Gasteiger partial charge < -0.3 is 88.1 Å². The van der Waals surface area contributed by atoms with Crippen molar-refractivity contribution in [2.75, 3.05) is 110 Å². The monoisotopic (exact) mass is 1350 g/mol. The van der Waals surface area contributed by atoms with Crippen LogP contribution in [0.3, 0.4) is 0 Å². The molecule has 0 fully saturated rings. The van der Waals surface area contributed by atoms with Gasteiger partial charge in [0.2, 0.25) is 11.5 Å². The molecular weight excluding hydrogens is 1260 g/mol. The van der Waals surface area contributed by atoms with Crippen LogP contribution in [0.4, 0.5) is 0 Å². The van der Waals surface area contributed by atoms with Gasteiger partial charge >= 0.3 is 36.3 Å². The largest absolute Gasteiger partial charge is 0.493 e. The molecule has 6 atom stereocenters. The Labute approximate surface area is 557 Å². The highest BCUT2D eigenvalue weighted by Crippen LogP contribution is 2.46. The summed E-state index contributed by atoms with van der Waals surface area (Å²) in [4.78, 5) is 89.1. The van der Waals surface area contributed by atoms with E-state index in [-0.39, 0.29) is 46.0 Å². The first-order valence-electron chi connectivity index (χ1n) is 30.0. The number of ether oxygens (including phenoxy) is 12. The summed E-state index contributed by atoms with van der Waals surface area (Å²) in [6.07, 6.45) is 0.0273. The molecule has 0 aliphatic heterocycles. The van der Waals surface area contributed by atoms with Crippen LogP contribution < -0.4 is 58.0 Å². The number of carbonyl (C=O) groups excluding carboxylic acids is 4. The predicted molar refractivity (Wildman–Crippen MR) is 343 cm³/mol. The van der Waals surface area contributed by atoms with Gasteiger partial charge in [0, 0.05) is 25.2 Å². The molecule has 4 aromatic rings. The van der Waals surface area contributed by atoms with Gasteiger partial charge in [-0.3, -0.25) is 19.4 Å². The van der Waals surface area contributed by atoms with Crippen LogP contribution >= 0.6 is 0 Å². The minimum Gasteiger partial charge on any atom is -0.493 e. The zero-order valence-corrected chi connectivity index (χ0v) is 56.6. The van der Waals surface area contributed by atoms with Crippen LogP contribution in [0.25, 0.3) is 0 Å². The van der Waals surface area contributed by atoms with E-state index in [0.29, 0.717) is 97.2 Å². The van der Waals surface area contributed by atoms with Crippen molar-refractivity contribution in [3.8, 4) is 69.6 Å². The standard InChI is InChI=1S/C64H86N8O22.2H2O/c1-15-23-63(39-65,45-35-51(83-9)55(87-13)52(36-45)84-10)25-17-29-69(5)41(3)43-19-21-47(49(33-43)81-7)91-61(57(73)67-27-31-89-71(77)78)93-59(75)60(76)94-62(58(74)68-28-32-90-72(79)80)92-48-22-20-44(34-50(48)82-8)42(4)70(6)30-18-26-64(40-66,24-16-2)46-37-53(85-11)56(88-14)54(38-46)86-12;;/h19-22,33-38,41-42,61-62H,15-18,23-32H2,1-14H3,(H,67,73)(H,68,74);2*1H2. The molecule has 6 N–H and O–H groups in total. The van der Waals surface area contributed by atoms with Crippen LogP contribution in [0.5, 0.6) is 57.5 Å². The van der Waals surface area contributed by atoms with Gasteiger partial charge in [0.25, 0.3) is 10.2 Å². The molecule has 32 nitrogen and oxygen atoms in total. The number of carbonyl (C=O) groups is 4. The highest BCUT2D eigenvalue weighted by molar-refractivity contribution is 6.30. The Bertz CT molecular complexity index is 3030. The second-order valence-corrected chi connectivity index (χ2v) is 21.5. The van der Waals surface area contributed by atoms with Gasteiger partial charge in [-0.15, -0.1) is 20.2 Å². The Morgan fingerprint density at radius 3 is 1.10 bits per heavy atom. The number of benzene rings is 4. The molecule has 0 aliphatic rings. The van der Waals surface area contributed by atoms with E-state index in [1.807, 2.05) is 41.8 Å². The molecule has 6 unspecified atom stereocenters. The smallest absolute Gasteiger partial charge is 0.421 e. The minimum atomic E-state index is -2.34. The number of nitrogens with zero attached hydrogens (tertiary/aromatic N) is 6. The maximum atomic E-state index is 13.7. The van der Waals surface area contributed by atoms with Crippen molar-refractivity contribution in [3.63, 3.8) is 0 Å². The fraction of sp³-hybridized carbons (Fsp3) is 0.531. The van der Waals surface area contributed by atoms with Gasteiger partial charge in [-0.05, 0) is 150 Å². The number of nitrogens with one attached hydrogen (secondary N) is 2. The van der Waals surface area contributed by atoms with E-state index in [0.717, 1.165) is 24.0 Å². The molecule has 0 bridgehead atoms. The molecule has 4 aromatic carbocycles. The fourth-order valence-electron chi connectivity index (χ4n) is 10.5. The Kier molecular flexibility index (Phi) is 34.4. The Morgan fingerprint density at radius 1 is 0.510 bits per heavy atom. The van der Waals surface area contributed by atoms with Crippen molar-refractivity contribution in [3.05, 3.63) is 103 Å². The normalized spacial score (nSPS) is 13.2. The number of hydrogen-bond donors (Lipinski definition) is 2. The number of hydrogen-bond acceptors (Lipinski definition) is 26. The summed E-state index contributed by atoms with van der Waals surface area (Å²) in [5.41, 5.74) is 1.07. The number of amides is 2. The van der Waals surface area contributed by atoms with Gasteiger partial charge in [-0.2, -0.15) is 10.5 Å². The summed E-state index contributed by atoms with van der Waals surface area (Å²) in [6, 6.07) is 21.1. The van der Waals surface area contributed by atoms with E-state index < -0.39 is 83.6 Å². The first-order chi connectivity index (χ1) is 45.0. The van der Waals surface area contributed by atoms with Crippen molar-refractivity contribution in [2.24, 2.45) is 0 Å². The summed E-state index contributed by atoms with van der Waals surface area (Å²) >= 11 is 0. The van der Waals surface area contributed by atoms with Crippen molar-refractivity contribution in [1.82, 2.24) is 20.4 Å². The molecule has 0 aliphatic carbocycles. The number of esters is 2. The number of nitriles is 2. The van der Waals surface area contributed by atoms with Crippen LogP contribution in [0, 0.1) is 42.9 Å². The van der Waals surface area contributed by atoms with Crippen LogP contribution in [0.1, 0.15) is 113 Å². The maximum Gasteiger partial charge on any atom is 0.421 e. The average Bonchev–Trinajstić information content (AvgIpc) is 0.801. The number of rotatable bonds is 42. The molecule has 0 radical (unpaired) electrons. The molecule has 0 heterocycles. The molecule has 0 spiro atoms. The van der Waals surface area contributed by atoms with Gasteiger partial charge in [0.05, 0.1) is 79.8 Å². The summed E-state index contributed by atoms with van der Waals surface area (Å²) in [7, 11) is 15.5. The SMILES string of the molecule is CCCC(C#N)(CCCN(C)C(C)c1ccc(OC(OC(=O)C(=O)OC(Oc2ccc(C(C)N(C)CCCC(C#N)(CCC)c3cc(OC)c(OC)c(OC)c3)cc2OC)C(=O)NCCO[N+](=O)[O-])C(=O)NCCO[N+](=O)[O-])c(OC)c1)c1cc(OC)c(OC)c(OC)c1.O.O. The Morgan fingerprint density at radius 2 is 0.833 bits per heavy atom. The Balaban J connectivity index is 0.0000157. The second kappa shape index (κ2) is 40.3. The third-order valence-corrected chi connectivity index (χ3v) is 15.8. The molecule has 96 heavy (non-hydrogen) atoms. The van der Waals surface area contributed by atoms with Crippen LogP contribution in [-0.4, -0.2) is 178 Å². The second-order valence-electron chi connectivity index (χ2n) is 21.5. The highest BCUT2D eigenvalue weighted by Gasteiger charge is 2.38. The van der Waals surface area contributed by atoms with Crippen LogP contribution in [0.15, 0.2) is 60.7 Å². The minimum absolute atomic E-state index is 0. The topological polar surface area (TPSA) is 425 Å².